The topological polar surface area (TPSA) is 59.4 Å². The van der Waals surface area contributed by atoms with E-state index in [-0.39, 0.29) is 5.75 Å². The van der Waals surface area contributed by atoms with Crippen LogP contribution in [0.3, 0.4) is 0 Å². The van der Waals surface area contributed by atoms with Gasteiger partial charge in [-0.3, -0.25) is 0 Å². The number of furan rings is 1. The van der Waals surface area contributed by atoms with Crippen molar-refractivity contribution in [3.05, 3.63) is 29.5 Å². The van der Waals surface area contributed by atoms with Crippen LogP contribution >= 0.6 is 0 Å². The third-order valence-corrected chi connectivity index (χ3v) is 2.21. The van der Waals surface area contributed by atoms with E-state index >= 15 is 0 Å². The molecule has 0 spiro atoms. The molecule has 2 aromatic rings. The van der Waals surface area contributed by atoms with E-state index in [0.29, 0.717) is 12.1 Å². The normalized spacial score (nSPS) is 11.0. The summed E-state index contributed by atoms with van der Waals surface area (Å²) >= 11 is 0. The Morgan fingerprint density at radius 3 is 2.86 bits per heavy atom. The second-order valence-corrected chi connectivity index (χ2v) is 3.43. The van der Waals surface area contributed by atoms with Gasteiger partial charge in [-0.1, -0.05) is 0 Å². The van der Waals surface area contributed by atoms with Gasteiger partial charge < -0.3 is 15.3 Å². The summed E-state index contributed by atoms with van der Waals surface area (Å²) in [7, 11) is 0. The third kappa shape index (κ3) is 1.46. The number of aryl methyl sites for hydroxylation is 1. The minimum absolute atomic E-state index is 0.194. The van der Waals surface area contributed by atoms with Gasteiger partial charge in [0.1, 0.15) is 5.76 Å². The van der Waals surface area contributed by atoms with Crippen LogP contribution in [-0.4, -0.2) is 11.7 Å². The molecule has 0 saturated heterocycles. The highest BCUT2D eigenvalue weighted by Gasteiger charge is 2.07. The Morgan fingerprint density at radius 1 is 1.36 bits per heavy atom. The predicted octanol–water partition coefficient (Wildman–Crippen LogP) is 1.95. The average molecular weight is 191 g/mol. The highest BCUT2D eigenvalue weighted by atomic mass is 16.4. The van der Waals surface area contributed by atoms with Crippen LogP contribution in [0.25, 0.3) is 11.0 Å². The smallest absolute Gasteiger partial charge is 0.175 e. The summed E-state index contributed by atoms with van der Waals surface area (Å²) in [6.07, 6.45) is 0.772. The summed E-state index contributed by atoms with van der Waals surface area (Å²) in [4.78, 5) is 0. The Balaban J connectivity index is 2.59. The third-order valence-electron chi connectivity index (χ3n) is 2.21. The van der Waals surface area contributed by atoms with E-state index in [2.05, 4.69) is 0 Å². The van der Waals surface area contributed by atoms with Crippen LogP contribution < -0.4 is 5.73 Å². The largest absolute Gasteiger partial charge is 0.504 e. The Morgan fingerprint density at radius 2 is 2.14 bits per heavy atom. The maximum Gasteiger partial charge on any atom is 0.175 e. The molecule has 0 fully saturated rings. The molecule has 0 amide bonds. The van der Waals surface area contributed by atoms with Crippen LogP contribution in [0, 0.1) is 6.92 Å². The van der Waals surface area contributed by atoms with Gasteiger partial charge in [-0.2, -0.15) is 0 Å². The lowest BCUT2D eigenvalue weighted by Gasteiger charge is -2.00. The molecule has 0 radical (unpaired) electrons. The Bertz CT molecular complexity index is 460. The number of rotatable bonds is 2. The van der Waals surface area contributed by atoms with Gasteiger partial charge in [0.05, 0.1) is 0 Å². The zero-order chi connectivity index (χ0) is 10.1. The molecule has 0 aliphatic rings. The molecule has 3 nitrogen and oxygen atoms in total. The molecule has 1 aromatic carbocycles. The summed E-state index contributed by atoms with van der Waals surface area (Å²) in [5.41, 5.74) is 7.05. The molecule has 0 bridgehead atoms. The summed E-state index contributed by atoms with van der Waals surface area (Å²) < 4.78 is 5.35. The number of aromatic hydroxyl groups is 1. The van der Waals surface area contributed by atoms with E-state index in [1.807, 2.05) is 19.1 Å². The monoisotopic (exact) mass is 191 g/mol. The van der Waals surface area contributed by atoms with Crippen molar-refractivity contribution in [2.75, 3.05) is 6.54 Å². The fourth-order valence-electron chi connectivity index (χ4n) is 1.63. The van der Waals surface area contributed by atoms with Gasteiger partial charge in [-0.25, -0.2) is 0 Å². The molecule has 3 N–H and O–H groups in total. The second kappa shape index (κ2) is 3.35. The molecule has 3 heteroatoms. The van der Waals surface area contributed by atoms with Gasteiger partial charge in [0.25, 0.3) is 0 Å². The fourth-order valence-corrected chi connectivity index (χ4v) is 1.63. The lowest BCUT2D eigenvalue weighted by molar-refractivity contribution is 0.460. The van der Waals surface area contributed by atoms with Crippen LogP contribution in [0.1, 0.15) is 11.3 Å². The van der Waals surface area contributed by atoms with Crippen LogP contribution in [0.15, 0.2) is 22.6 Å². The molecule has 14 heavy (non-hydrogen) atoms. The van der Waals surface area contributed by atoms with E-state index < -0.39 is 0 Å². The van der Waals surface area contributed by atoms with Crippen molar-refractivity contribution in [2.24, 2.45) is 5.73 Å². The van der Waals surface area contributed by atoms with Crippen molar-refractivity contribution in [1.82, 2.24) is 0 Å². The predicted molar refractivity (Wildman–Crippen MR) is 55.4 cm³/mol. The maximum atomic E-state index is 9.66. The van der Waals surface area contributed by atoms with Crippen molar-refractivity contribution >= 4 is 11.0 Å². The number of phenols is 1. The summed E-state index contributed by atoms with van der Waals surface area (Å²) in [5, 5.41) is 10.6. The maximum absolute atomic E-state index is 9.66. The Labute approximate surface area is 82.1 Å². The lowest BCUT2D eigenvalue weighted by Crippen LogP contribution is -2.02. The van der Waals surface area contributed by atoms with Crippen LogP contribution in [0.4, 0.5) is 0 Å². The quantitative estimate of drug-likeness (QED) is 0.762. The second-order valence-electron chi connectivity index (χ2n) is 3.43. The van der Waals surface area contributed by atoms with Gasteiger partial charge >= 0.3 is 0 Å². The van der Waals surface area contributed by atoms with Crippen molar-refractivity contribution in [3.63, 3.8) is 0 Å². The number of phenolic OH excluding ortho intramolecular Hbond substituents is 1. The number of hydrogen-bond donors (Lipinski definition) is 2. The highest BCUT2D eigenvalue weighted by Crippen LogP contribution is 2.29. The van der Waals surface area contributed by atoms with E-state index in [4.69, 9.17) is 10.2 Å². The molecular weight excluding hydrogens is 178 g/mol. The SMILES string of the molecule is Cc1cc2cc(CCN)cc(O)c2o1. The standard InChI is InChI=1S/C11H13NO2/c1-7-4-9-5-8(2-3-12)6-10(13)11(9)14-7/h4-6,13H,2-3,12H2,1H3. The molecule has 0 aliphatic heterocycles. The first-order valence-electron chi connectivity index (χ1n) is 4.63. The van der Waals surface area contributed by atoms with E-state index in [1.54, 1.807) is 6.07 Å². The number of hydrogen-bond acceptors (Lipinski definition) is 3. The lowest BCUT2D eigenvalue weighted by atomic mass is 10.1. The minimum atomic E-state index is 0.194. The summed E-state index contributed by atoms with van der Waals surface area (Å²) in [6.45, 7) is 2.45. The first kappa shape index (κ1) is 9.09. The van der Waals surface area contributed by atoms with E-state index in [9.17, 15) is 5.11 Å². The average Bonchev–Trinajstić information content (AvgIpc) is 2.47. The van der Waals surface area contributed by atoms with Gasteiger partial charge in [-0.15, -0.1) is 0 Å². The van der Waals surface area contributed by atoms with E-state index in [1.165, 1.54) is 0 Å². The number of nitrogens with two attached hydrogens (primary N) is 1. The molecule has 74 valence electrons. The molecule has 1 heterocycles. The van der Waals surface area contributed by atoms with Crippen LogP contribution in [-0.2, 0) is 6.42 Å². The fraction of sp³-hybridized carbons (Fsp3) is 0.273. The van der Waals surface area contributed by atoms with E-state index in [0.717, 1.165) is 23.1 Å². The van der Waals surface area contributed by atoms with Crippen molar-refractivity contribution in [2.45, 2.75) is 13.3 Å². The zero-order valence-corrected chi connectivity index (χ0v) is 8.08. The van der Waals surface area contributed by atoms with Crippen LogP contribution in [0.2, 0.25) is 0 Å². The van der Waals surface area contributed by atoms with Crippen molar-refractivity contribution in [3.8, 4) is 5.75 Å². The Hall–Kier alpha value is -1.48. The highest BCUT2D eigenvalue weighted by molar-refractivity contribution is 5.84. The van der Waals surface area contributed by atoms with Gasteiger partial charge in [-0.05, 0) is 43.7 Å². The number of fused-ring (bicyclic) bond motifs is 1. The Kier molecular flexibility index (Phi) is 2.17. The first-order chi connectivity index (χ1) is 6.70. The molecule has 0 unspecified atom stereocenters. The number of benzene rings is 1. The molecule has 2 rings (SSSR count). The molecule has 0 aliphatic carbocycles. The minimum Gasteiger partial charge on any atom is -0.504 e. The molecule has 1 aromatic heterocycles. The summed E-state index contributed by atoms with van der Waals surface area (Å²) in [5.74, 6) is 0.999. The van der Waals surface area contributed by atoms with Crippen LogP contribution in [0.5, 0.6) is 5.75 Å². The first-order valence-corrected chi connectivity index (χ1v) is 4.63. The molecular formula is C11H13NO2. The molecule has 0 atom stereocenters. The zero-order valence-electron chi connectivity index (χ0n) is 8.08. The van der Waals surface area contributed by atoms with Crippen molar-refractivity contribution < 1.29 is 9.52 Å². The van der Waals surface area contributed by atoms with Crippen molar-refractivity contribution in [1.29, 1.82) is 0 Å². The molecule has 0 saturated carbocycles. The summed E-state index contributed by atoms with van der Waals surface area (Å²) in [6, 6.07) is 5.62. The van der Waals surface area contributed by atoms with Gasteiger partial charge in [0.15, 0.2) is 11.3 Å². The van der Waals surface area contributed by atoms with Gasteiger partial charge in [0.2, 0.25) is 0 Å². The van der Waals surface area contributed by atoms with Gasteiger partial charge in [0, 0.05) is 5.39 Å².